The number of fused-ring (bicyclic) bond motifs is 1. The average molecular weight is 365 g/mol. The van der Waals surface area contributed by atoms with Crippen molar-refractivity contribution in [3.63, 3.8) is 0 Å². The summed E-state index contributed by atoms with van der Waals surface area (Å²) in [5.74, 6) is -2.28. The predicted molar refractivity (Wildman–Crippen MR) is 101 cm³/mol. The highest BCUT2D eigenvalue weighted by atomic mass is 16.5. The topological polar surface area (TPSA) is 78.6 Å². The number of carbonyl (C=O) groups excluding carboxylic acids is 2. The SMILES string of the molecule is COC(=O)C(C/C=C/c1noc2c(-c3ccccc3)cccc12)C(=O)OC. The van der Waals surface area contributed by atoms with Crippen molar-refractivity contribution >= 4 is 29.0 Å². The lowest BCUT2D eigenvalue weighted by Gasteiger charge is -2.09. The highest BCUT2D eigenvalue weighted by Gasteiger charge is 2.27. The summed E-state index contributed by atoms with van der Waals surface area (Å²) >= 11 is 0. The van der Waals surface area contributed by atoms with Gasteiger partial charge in [0.2, 0.25) is 0 Å². The molecule has 0 atom stereocenters. The molecule has 2 aromatic carbocycles. The van der Waals surface area contributed by atoms with Gasteiger partial charge in [0.05, 0.1) is 14.2 Å². The van der Waals surface area contributed by atoms with Crippen LogP contribution >= 0.6 is 0 Å². The van der Waals surface area contributed by atoms with E-state index in [1.165, 1.54) is 14.2 Å². The molecular weight excluding hydrogens is 346 g/mol. The Bertz CT molecular complexity index is 959. The lowest BCUT2D eigenvalue weighted by molar-refractivity contribution is -0.158. The molecule has 0 saturated carbocycles. The van der Waals surface area contributed by atoms with Crippen LogP contribution in [0.2, 0.25) is 0 Å². The van der Waals surface area contributed by atoms with Crippen LogP contribution in [0.5, 0.6) is 0 Å². The van der Waals surface area contributed by atoms with Crippen molar-refractivity contribution in [1.82, 2.24) is 5.16 Å². The summed E-state index contributed by atoms with van der Waals surface area (Å²) in [7, 11) is 2.47. The van der Waals surface area contributed by atoms with Crippen molar-refractivity contribution in [2.45, 2.75) is 6.42 Å². The molecule has 0 aliphatic rings. The molecule has 0 fully saturated rings. The van der Waals surface area contributed by atoms with Gasteiger partial charge in [-0.05, 0) is 24.1 Å². The Labute approximate surface area is 156 Å². The fraction of sp³-hybridized carbons (Fsp3) is 0.190. The van der Waals surface area contributed by atoms with Crippen molar-refractivity contribution in [2.24, 2.45) is 5.92 Å². The number of aromatic nitrogens is 1. The summed E-state index contributed by atoms with van der Waals surface area (Å²) in [6, 6.07) is 15.7. The molecule has 0 bridgehead atoms. The van der Waals surface area contributed by atoms with Crippen LogP contribution in [-0.2, 0) is 19.1 Å². The molecule has 6 heteroatoms. The summed E-state index contributed by atoms with van der Waals surface area (Å²) in [6.45, 7) is 0. The fourth-order valence-electron chi connectivity index (χ4n) is 2.84. The summed E-state index contributed by atoms with van der Waals surface area (Å²) in [5, 5.41) is 4.96. The molecular formula is C21H19NO5. The molecule has 0 unspecified atom stereocenters. The zero-order valence-electron chi connectivity index (χ0n) is 15.0. The van der Waals surface area contributed by atoms with Gasteiger partial charge in [-0.3, -0.25) is 9.59 Å². The Balaban J connectivity index is 1.87. The van der Waals surface area contributed by atoms with E-state index < -0.39 is 17.9 Å². The second kappa shape index (κ2) is 8.31. The van der Waals surface area contributed by atoms with Gasteiger partial charge in [0.25, 0.3) is 0 Å². The number of methoxy groups -OCH3 is 2. The maximum absolute atomic E-state index is 11.7. The summed E-state index contributed by atoms with van der Waals surface area (Å²) < 4.78 is 14.8. The van der Waals surface area contributed by atoms with E-state index in [0.717, 1.165) is 16.5 Å². The molecule has 0 aliphatic heterocycles. The van der Waals surface area contributed by atoms with Crippen molar-refractivity contribution in [3.05, 3.63) is 60.3 Å². The maximum Gasteiger partial charge on any atom is 0.320 e. The number of ether oxygens (including phenoxy) is 2. The van der Waals surface area contributed by atoms with Crippen LogP contribution in [0.1, 0.15) is 12.1 Å². The van der Waals surface area contributed by atoms with E-state index in [9.17, 15) is 9.59 Å². The number of para-hydroxylation sites is 1. The van der Waals surface area contributed by atoms with E-state index in [1.807, 2.05) is 48.5 Å². The summed E-state index contributed by atoms with van der Waals surface area (Å²) in [5.41, 5.74) is 3.28. The zero-order valence-corrected chi connectivity index (χ0v) is 15.0. The smallest absolute Gasteiger partial charge is 0.320 e. The zero-order chi connectivity index (χ0) is 19.2. The van der Waals surface area contributed by atoms with E-state index in [4.69, 9.17) is 4.52 Å². The van der Waals surface area contributed by atoms with Crippen LogP contribution in [-0.4, -0.2) is 31.3 Å². The number of nitrogens with zero attached hydrogens (tertiary/aromatic N) is 1. The van der Waals surface area contributed by atoms with Gasteiger partial charge in [-0.2, -0.15) is 0 Å². The first kappa shape index (κ1) is 18.4. The molecule has 6 nitrogen and oxygen atoms in total. The van der Waals surface area contributed by atoms with E-state index in [1.54, 1.807) is 12.2 Å². The first-order valence-electron chi connectivity index (χ1n) is 8.41. The minimum absolute atomic E-state index is 0.145. The van der Waals surface area contributed by atoms with Gasteiger partial charge < -0.3 is 14.0 Å². The Morgan fingerprint density at radius 3 is 2.41 bits per heavy atom. The normalized spacial score (nSPS) is 11.2. The van der Waals surface area contributed by atoms with E-state index in [0.29, 0.717) is 11.3 Å². The molecule has 0 spiro atoms. The van der Waals surface area contributed by atoms with Crippen LogP contribution in [0.4, 0.5) is 0 Å². The number of esters is 2. The largest absolute Gasteiger partial charge is 0.468 e. The lowest BCUT2D eigenvalue weighted by Crippen LogP contribution is -2.25. The molecule has 0 N–H and O–H groups in total. The first-order chi connectivity index (χ1) is 13.2. The highest BCUT2D eigenvalue weighted by Crippen LogP contribution is 2.30. The van der Waals surface area contributed by atoms with Gasteiger partial charge in [-0.1, -0.05) is 53.7 Å². The number of carbonyl (C=O) groups is 2. The number of hydrogen-bond donors (Lipinski definition) is 0. The van der Waals surface area contributed by atoms with E-state index in [-0.39, 0.29) is 6.42 Å². The fourth-order valence-corrected chi connectivity index (χ4v) is 2.84. The standard InChI is InChI=1S/C21H19NO5/c1-25-20(23)17(21(24)26-2)12-7-13-18-16-11-6-10-15(19(16)27-22-18)14-8-4-3-5-9-14/h3-11,13,17H,12H2,1-2H3/b13-7+. The highest BCUT2D eigenvalue weighted by molar-refractivity contribution is 5.97. The van der Waals surface area contributed by atoms with Crippen LogP contribution < -0.4 is 0 Å². The van der Waals surface area contributed by atoms with Gasteiger partial charge in [0, 0.05) is 10.9 Å². The molecule has 0 radical (unpaired) electrons. The van der Waals surface area contributed by atoms with Gasteiger partial charge in [-0.15, -0.1) is 0 Å². The second-order valence-electron chi connectivity index (χ2n) is 5.85. The Morgan fingerprint density at radius 2 is 1.74 bits per heavy atom. The van der Waals surface area contributed by atoms with Crippen LogP contribution in [0.25, 0.3) is 28.2 Å². The molecule has 3 rings (SSSR count). The van der Waals surface area contributed by atoms with E-state index in [2.05, 4.69) is 14.6 Å². The molecule has 0 saturated heterocycles. The van der Waals surface area contributed by atoms with Gasteiger partial charge >= 0.3 is 11.9 Å². The minimum atomic E-state index is -1.01. The van der Waals surface area contributed by atoms with Crippen molar-refractivity contribution in [3.8, 4) is 11.1 Å². The summed E-state index contributed by atoms with van der Waals surface area (Å²) in [6.07, 6.45) is 3.55. The monoisotopic (exact) mass is 365 g/mol. The maximum atomic E-state index is 11.7. The van der Waals surface area contributed by atoms with Gasteiger partial charge in [-0.25, -0.2) is 0 Å². The van der Waals surface area contributed by atoms with Crippen LogP contribution in [0.15, 0.2) is 59.1 Å². The number of rotatable bonds is 6. The number of hydrogen-bond acceptors (Lipinski definition) is 6. The Kier molecular flexibility index (Phi) is 5.66. The average Bonchev–Trinajstić information content (AvgIpc) is 3.14. The van der Waals surface area contributed by atoms with Crippen LogP contribution in [0.3, 0.4) is 0 Å². The summed E-state index contributed by atoms with van der Waals surface area (Å²) in [4.78, 5) is 23.5. The third-order valence-corrected chi connectivity index (χ3v) is 4.23. The molecule has 1 aromatic heterocycles. The second-order valence-corrected chi connectivity index (χ2v) is 5.85. The third-order valence-electron chi connectivity index (χ3n) is 4.23. The molecule has 1 heterocycles. The molecule has 0 aliphatic carbocycles. The van der Waals surface area contributed by atoms with Crippen molar-refractivity contribution in [2.75, 3.05) is 14.2 Å². The minimum Gasteiger partial charge on any atom is -0.468 e. The quantitative estimate of drug-likeness (QED) is 0.487. The Morgan fingerprint density at radius 1 is 1.04 bits per heavy atom. The Hall–Kier alpha value is -3.41. The predicted octanol–water partition coefficient (Wildman–Crippen LogP) is 3.86. The molecule has 27 heavy (non-hydrogen) atoms. The molecule has 0 amide bonds. The van der Waals surface area contributed by atoms with Gasteiger partial charge in [0.15, 0.2) is 11.5 Å². The third kappa shape index (κ3) is 3.89. The lowest BCUT2D eigenvalue weighted by atomic mass is 10.0. The van der Waals surface area contributed by atoms with E-state index >= 15 is 0 Å². The van der Waals surface area contributed by atoms with Gasteiger partial charge in [0.1, 0.15) is 5.69 Å². The first-order valence-corrected chi connectivity index (χ1v) is 8.41. The molecule has 3 aromatic rings. The van der Waals surface area contributed by atoms with Crippen molar-refractivity contribution in [1.29, 1.82) is 0 Å². The van der Waals surface area contributed by atoms with Crippen LogP contribution in [0, 0.1) is 5.92 Å². The number of benzene rings is 2. The van der Waals surface area contributed by atoms with Crippen molar-refractivity contribution < 1.29 is 23.6 Å². The number of allylic oxidation sites excluding steroid dienone is 1. The molecule has 138 valence electrons.